The minimum atomic E-state index is -0.756. The van der Waals surface area contributed by atoms with Crippen LogP contribution in [0.2, 0.25) is 0 Å². The van der Waals surface area contributed by atoms with E-state index in [0.717, 1.165) is 15.8 Å². The highest BCUT2D eigenvalue weighted by molar-refractivity contribution is 7.22. The van der Waals surface area contributed by atoms with E-state index in [-0.39, 0.29) is 11.8 Å². The number of nitrogens with one attached hydrogen (secondary N) is 1. The van der Waals surface area contributed by atoms with Crippen LogP contribution in [-0.2, 0) is 4.79 Å². The highest BCUT2D eigenvalue weighted by Crippen LogP contribution is 2.46. The fraction of sp³-hybridized carbons (Fsp3) is 0.231. The van der Waals surface area contributed by atoms with Crippen molar-refractivity contribution in [1.29, 1.82) is 0 Å². The zero-order chi connectivity index (χ0) is 25.4. The first-order valence-electron chi connectivity index (χ1n) is 11.1. The molecule has 1 N–H and O–H groups in total. The van der Waals surface area contributed by atoms with Crippen LogP contribution in [0.4, 0.5) is 5.13 Å². The Morgan fingerprint density at radius 1 is 1.06 bits per heavy atom. The number of nitrogens with zero attached hydrogens (tertiary/aromatic N) is 3. The standard InChI is InChI=1S/C26H24N4O5S/c1-30-23(14-6-5-9-27-13-14)22(16-11-19(34-3)20(35-4)12-17(16)25(30)32)24(31)29-26-28-18-8-7-15(33-2)10-21(18)36-26/h5-13,22-23H,1-4H3,(H,28,29,31)/t22-,23-/m1/s1. The van der Waals surface area contributed by atoms with Gasteiger partial charge >= 0.3 is 0 Å². The number of ether oxygens (including phenoxy) is 3. The molecule has 0 aliphatic carbocycles. The molecule has 2 atom stereocenters. The summed E-state index contributed by atoms with van der Waals surface area (Å²) in [5, 5.41) is 3.43. The predicted octanol–water partition coefficient (Wildman–Crippen LogP) is 4.27. The summed E-state index contributed by atoms with van der Waals surface area (Å²) in [4.78, 5) is 37.7. The minimum absolute atomic E-state index is 0.226. The zero-order valence-corrected chi connectivity index (χ0v) is 21.0. The Kier molecular flexibility index (Phi) is 6.19. The number of hydrogen-bond donors (Lipinski definition) is 1. The van der Waals surface area contributed by atoms with Crippen LogP contribution in [0.1, 0.15) is 33.4 Å². The average molecular weight is 505 g/mol. The van der Waals surface area contributed by atoms with Gasteiger partial charge in [0.2, 0.25) is 5.91 Å². The summed E-state index contributed by atoms with van der Waals surface area (Å²) < 4.78 is 17.1. The Morgan fingerprint density at radius 2 is 1.83 bits per heavy atom. The van der Waals surface area contributed by atoms with Gasteiger partial charge in [0.1, 0.15) is 5.75 Å². The molecule has 184 valence electrons. The van der Waals surface area contributed by atoms with E-state index < -0.39 is 12.0 Å². The van der Waals surface area contributed by atoms with Gasteiger partial charge in [-0.25, -0.2) is 4.98 Å². The van der Waals surface area contributed by atoms with Crippen LogP contribution in [-0.4, -0.2) is 55.1 Å². The van der Waals surface area contributed by atoms with Gasteiger partial charge in [-0.2, -0.15) is 0 Å². The molecular formula is C26H24N4O5S. The number of methoxy groups -OCH3 is 3. The first kappa shape index (κ1) is 23.6. The molecule has 3 heterocycles. The summed E-state index contributed by atoms with van der Waals surface area (Å²) in [7, 11) is 6.31. The van der Waals surface area contributed by atoms with Gasteiger partial charge < -0.3 is 24.4 Å². The van der Waals surface area contributed by atoms with Gasteiger partial charge in [-0.05, 0) is 47.5 Å². The third-order valence-electron chi connectivity index (χ3n) is 6.31. The van der Waals surface area contributed by atoms with Crippen LogP contribution in [0.15, 0.2) is 54.9 Å². The Balaban J connectivity index is 1.61. The lowest BCUT2D eigenvalue weighted by molar-refractivity contribution is -0.119. The molecule has 2 aromatic carbocycles. The molecule has 0 saturated heterocycles. The number of thiazole rings is 1. The molecule has 4 aromatic rings. The number of amides is 2. The predicted molar refractivity (Wildman–Crippen MR) is 136 cm³/mol. The molecule has 9 nitrogen and oxygen atoms in total. The summed E-state index contributed by atoms with van der Waals surface area (Å²) in [5.41, 5.74) is 2.42. The molecule has 0 saturated carbocycles. The number of carbonyl (C=O) groups is 2. The summed E-state index contributed by atoms with van der Waals surface area (Å²) in [5.74, 6) is 0.274. The van der Waals surface area contributed by atoms with Crippen molar-refractivity contribution in [1.82, 2.24) is 14.9 Å². The molecule has 1 aliphatic rings. The molecule has 36 heavy (non-hydrogen) atoms. The van der Waals surface area contributed by atoms with E-state index >= 15 is 0 Å². The van der Waals surface area contributed by atoms with Crippen molar-refractivity contribution in [2.75, 3.05) is 33.7 Å². The third kappa shape index (κ3) is 3.99. The van der Waals surface area contributed by atoms with Crippen LogP contribution in [0, 0.1) is 0 Å². The highest BCUT2D eigenvalue weighted by Gasteiger charge is 2.44. The Morgan fingerprint density at radius 3 is 2.53 bits per heavy atom. The molecule has 2 amide bonds. The second-order valence-corrected chi connectivity index (χ2v) is 9.29. The van der Waals surface area contributed by atoms with E-state index in [1.807, 2.05) is 24.3 Å². The van der Waals surface area contributed by atoms with Crippen LogP contribution in [0.5, 0.6) is 17.2 Å². The normalized spacial score (nSPS) is 17.0. The number of carbonyl (C=O) groups excluding carboxylic acids is 2. The lowest BCUT2D eigenvalue weighted by Gasteiger charge is -2.39. The molecule has 0 bridgehead atoms. The Labute approximate surface area is 211 Å². The summed E-state index contributed by atoms with van der Waals surface area (Å²) in [6, 6.07) is 11.9. The first-order valence-corrected chi connectivity index (χ1v) is 11.9. The number of benzene rings is 2. The molecule has 1 aliphatic heterocycles. The Bertz CT molecular complexity index is 1460. The van der Waals surface area contributed by atoms with Gasteiger partial charge in [-0.3, -0.25) is 14.6 Å². The lowest BCUT2D eigenvalue weighted by Crippen LogP contribution is -2.44. The van der Waals surface area contributed by atoms with Crippen molar-refractivity contribution < 1.29 is 23.8 Å². The third-order valence-corrected chi connectivity index (χ3v) is 7.24. The quantitative estimate of drug-likeness (QED) is 0.418. The molecule has 0 fully saturated rings. The second-order valence-electron chi connectivity index (χ2n) is 8.26. The number of rotatable bonds is 6. The van der Waals surface area contributed by atoms with E-state index in [4.69, 9.17) is 14.2 Å². The maximum absolute atomic E-state index is 13.9. The van der Waals surface area contributed by atoms with Crippen molar-refractivity contribution in [3.63, 3.8) is 0 Å². The van der Waals surface area contributed by atoms with Crippen LogP contribution in [0.3, 0.4) is 0 Å². The molecule has 5 rings (SSSR count). The van der Waals surface area contributed by atoms with Crippen molar-refractivity contribution in [3.8, 4) is 17.2 Å². The monoisotopic (exact) mass is 504 g/mol. The SMILES string of the molecule is COc1ccc2nc(NC(=O)[C@@H]3c4cc(OC)c(OC)cc4C(=O)N(C)[C@@H]3c3cccnc3)sc2c1. The highest BCUT2D eigenvalue weighted by atomic mass is 32.1. The van der Waals surface area contributed by atoms with Crippen molar-refractivity contribution in [2.24, 2.45) is 0 Å². The van der Waals surface area contributed by atoms with Crippen LogP contribution < -0.4 is 19.5 Å². The van der Waals surface area contributed by atoms with Gasteiger partial charge in [0.25, 0.3) is 5.91 Å². The topological polar surface area (TPSA) is 103 Å². The van der Waals surface area contributed by atoms with E-state index in [1.54, 1.807) is 49.7 Å². The van der Waals surface area contributed by atoms with E-state index in [9.17, 15) is 9.59 Å². The Hall–Kier alpha value is -4.18. The molecule has 2 aromatic heterocycles. The fourth-order valence-corrected chi connectivity index (χ4v) is 5.46. The van der Waals surface area contributed by atoms with Gasteiger partial charge in [0, 0.05) is 25.0 Å². The fourth-order valence-electron chi connectivity index (χ4n) is 4.57. The van der Waals surface area contributed by atoms with E-state index in [0.29, 0.717) is 33.5 Å². The van der Waals surface area contributed by atoms with Crippen molar-refractivity contribution in [2.45, 2.75) is 12.0 Å². The largest absolute Gasteiger partial charge is 0.497 e. The molecule has 10 heteroatoms. The molecular weight excluding hydrogens is 480 g/mol. The van der Waals surface area contributed by atoms with Gasteiger partial charge in [0.05, 0.1) is 43.5 Å². The second kappa shape index (κ2) is 9.46. The minimum Gasteiger partial charge on any atom is -0.497 e. The van der Waals surface area contributed by atoms with E-state index in [1.165, 1.54) is 25.6 Å². The van der Waals surface area contributed by atoms with Crippen LogP contribution >= 0.6 is 11.3 Å². The summed E-state index contributed by atoms with van der Waals surface area (Å²) in [6.07, 6.45) is 3.32. The van der Waals surface area contributed by atoms with Crippen molar-refractivity contribution >= 4 is 38.5 Å². The summed E-state index contributed by atoms with van der Waals surface area (Å²) in [6.45, 7) is 0. The average Bonchev–Trinajstić information content (AvgIpc) is 3.31. The lowest BCUT2D eigenvalue weighted by atomic mass is 9.79. The number of hydrogen-bond acceptors (Lipinski definition) is 8. The molecule has 0 radical (unpaired) electrons. The van der Waals surface area contributed by atoms with E-state index in [2.05, 4.69) is 15.3 Å². The maximum atomic E-state index is 13.9. The van der Waals surface area contributed by atoms with Crippen molar-refractivity contribution in [3.05, 3.63) is 71.5 Å². The van der Waals surface area contributed by atoms with Gasteiger partial charge in [-0.1, -0.05) is 17.4 Å². The maximum Gasteiger partial charge on any atom is 0.254 e. The van der Waals surface area contributed by atoms with Crippen LogP contribution in [0.25, 0.3) is 10.2 Å². The number of fused-ring (bicyclic) bond motifs is 2. The smallest absolute Gasteiger partial charge is 0.254 e. The number of likely N-dealkylation sites (N-methyl/N-ethyl adjacent to an activating group) is 1. The first-order chi connectivity index (χ1) is 17.4. The zero-order valence-electron chi connectivity index (χ0n) is 20.1. The van der Waals surface area contributed by atoms with Gasteiger partial charge in [0.15, 0.2) is 16.6 Å². The van der Waals surface area contributed by atoms with Gasteiger partial charge in [-0.15, -0.1) is 0 Å². The number of aromatic nitrogens is 2. The number of pyridine rings is 1. The number of anilines is 1. The summed E-state index contributed by atoms with van der Waals surface area (Å²) >= 11 is 1.35. The molecule has 0 unspecified atom stereocenters. The molecule has 0 spiro atoms.